The molecule has 1 saturated heterocycles. The van der Waals surface area contributed by atoms with Gasteiger partial charge in [0.25, 0.3) is 0 Å². The van der Waals surface area contributed by atoms with E-state index in [0.717, 1.165) is 12.8 Å². The molecule has 2 fully saturated rings. The number of nitrogens with one attached hydrogen (secondary N) is 1. The molecule has 1 heterocycles. The van der Waals surface area contributed by atoms with Gasteiger partial charge in [0.2, 0.25) is 5.91 Å². The molecule has 5 nitrogen and oxygen atoms in total. The molecule has 2 N–H and O–H groups in total. The topological polar surface area (TPSA) is 61.8 Å². The number of rotatable bonds is 6. The summed E-state index contributed by atoms with van der Waals surface area (Å²) in [6, 6.07) is 6.85. The van der Waals surface area contributed by atoms with Gasteiger partial charge in [0.15, 0.2) is 0 Å². The third-order valence-corrected chi connectivity index (χ3v) is 5.17. The summed E-state index contributed by atoms with van der Waals surface area (Å²) in [7, 11) is 0. The molecule has 1 unspecified atom stereocenters. The highest BCUT2D eigenvalue weighted by Crippen LogP contribution is 2.24. The summed E-state index contributed by atoms with van der Waals surface area (Å²) in [5.74, 6) is -0.276. The highest BCUT2D eigenvalue weighted by atomic mass is 19.1. The molecule has 1 aliphatic carbocycles. The first kappa shape index (κ1) is 18.3. The number of aliphatic hydroxyl groups excluding tert-OH is 1. The Kier molecular flexibility index (Phi) is 6.04. The van der Waals surface area contributed by atoms with Gasteiger partial charge in [-0.05, 0) is 24.5 Å². The van der Waals surface area contributed by atoms with Gasteiger partial charge in [0.05, 0.1) is 19.8 Å². The summed E-state index contributed by atoms with van der Waals surface area (Å²) in [4.78, 5) is 14.3. The predicted octanol–water partition coefficient (Wildman–Crippen LogP) is 1.49. The SMILES string of the molecule is O=C(CN1CCOC(CO)(Cc2ccccc2F)C1)NC1CCCC1. The summed E-state index contributed by atoms with van der Waals surface area (Å²) < 4.78 is 19.8. The van der Waals surface area contributed by atoms with Gasteiger partial charge in [-0.25, -0.2) is 4.39 Å². The molecule has 25 heavy (non-hydrogen) atoms. The maximum atomic E-state index is 14.0. The van der Waals surface area contributed by atoms with Crippen molar-refractivity contribution in [3.63, 3.8) is 0 Å². The standard InChI is InChI=1S/C19H27FN2O3/c20-17-8-4-1-5-15(17)11-19(14-23)13-22(9-10-25-19)12-18(24)21-16-6-2-3-7-16/h1,4-5,8,16,23H,2-3,6-7,9-14H2,(H,21,24). The third kappa shape index (κ3) is 4.77. The maximum absolute atomic E-state index is 14.0. The predicted molar refractivity (Wildman–Crippen MR) is 92.7 cm³/mol. The first-order valence-corrected chi connectivity index (χ1v) is 9.10. The molecule has 0 radical (unpaired) electrons. The fourth-order valence-electron chi connectivity index (χ4n) is 3.85. The number of amides is 1. The van der Waals surface area contributed by atoms with Crippen molar-refractivity contribution in [3.05, 3.63) is 35.6 Å². The van der Waals surface area contributed by atoms with Crippen molar-refractivity contribution in [1.29, 1.82) is 0 Å². The normalized spacial score (nSPS) is 25.2. The Hall–Kier alpha value is -1.50. The van der Waals surface area contributed by atoms with Crippen molar-refractivity contribution in [2.75, 3.05) is 32.8 Å². The van der Waals surface area contributed by atoms with E-state index in [2.05, 4.69) is 5.32 Å². The Morgan fingerprint density at radius 2 is 2.12 bits per heavy atom. The number of nitrogens with zero attached hydrogens (tertiary/aromatic N) is 1. The highest BCUT2D eigenvalue weighted by Gasteiger charge is 2.37. The largest absolute Gasteiger partial charge is 0.393 e. The number of carbonyl (C=O) groups is 1. The molecule has 1 atom stereocenters. The van der Waals surface area contributed by atoms with Crippen LogP contribution >= 0.6 is 0 Å². The number of morpholine rings is 1. The Bertz CT molecular complexity index is 592. The molecule has 1 amide bonds. The molecule has 1 aliphatic heterocycles. The van der Waals surface area contributed by atoms with Crippen LogP contribution in [0.4, 0.5) is 4.39 Å². The summed E-state index contributed by atoms with van der Waals surface area (Å²) in [5.41, 5.74) is -0.345. The monoisotopic (exact) mass is 350 g/mol. The van der Waals surface area contributed by atoms with Gasteiger partial charge in [-0.3, -0.25) is 9.69 Å². The Balaban J connectivity index is 1.59. The van der Waals surface area contributed by atoms with Gasteiger partial charge < -0.3 is 15.2 Å². The molecule has 1 aromatic rings. The molecule has 6 heteroatoms. The first-order valence-electron chi connectivity index (χ1n) is 9.10. The Labute approximate surface area is 148 Å². The third-order valence-electron chi connectivity index (χ3n) is 5.17. The van der Waals surface area contributed by atoms with E-state index in [0.29, 0.717) is 37.8 Å². The van der Waals surface area contributed by atoms with E-state index in [1.165, 1.54) is 18.9 Å². The number of hydrogen-bond acceptors (Lipinski definition) is 4. The van der Waals surface area contributed by atoms with E-state index in [-0.39, 0.29) is 24.8 Å². The summed E-state index contributed by atoms with van der Waals surface area (Å²) in [5, 5.41) is 13.0. The second-order valence-electron chi connectivity index (χ2n) is 7.22. The van der Waals surface area contributed by atoms with Crippen LogP contribution in [0.3, 0.4) is 0 Å². The van der Waals surface area contributed by atoms with Gasteiger partial charge in [0.1, 0.15) is 11.4 Å². The number of carbonyl (C=O) groups excluding carboxylic acids is 1. The molecule has 3 rings (SSSR count). The van der Waals surface area contributed by atoms with Crippen molar-refractivity contribution in [2.45, 2.75) is 43.7 Å². The van der Waals surface area contributed by atoms with E-state index < -0.39 is 5.60 Å². The zero-order chi connectivity index (χ0) is 17.7. The van der Waals surface area contributed by atoms with Crippen molar-refractivity contribution in [1.82, 2.24) is 10.2 Å². The number of aliphatic hydroxyl groups is 1. The van der Waals surface area contributed by atoms with Gasteiger partial charge >= 0.3 is 0 Å². The van der Waals surface area contributed by atoms with E-state index in [1.54, 1.807) is 18.2 Å². The van der Waals surface area contributed by atoms with Gasteiger partial charge in [-0.2, -0.15) is 0 Å². The lowest BCUT2D eigenvalue weighted by Crippen LogP contribution is -2.57. The van der Waals surface area contributed by atoms with E-state index in [9.17, 15) is 14.3 Å². The number of hydrogen-bond donors (Lipinski definition) is 2. The van der Waals surface area contributed by atoms with Crippen LogP contribution in [0.25, 0.3) is 0 Å². The van der Waals surface area contributed by atoms with Crippen LogP contribution in [0, 0.1) is 5.82 Å². The first-order chi connectivity index (χ1) is 12.1. The molecule has 1 aromatic carbocycles. The minimum atomic E-state index is -0.867. The quantitative estimate of drug-likeness (QED) is 0.816. The van der Waals surface area contributed by atoms with Gasteiger partial charge in [-0.15, -0.1) is 0 Å². The van der Waals surface area contributed by atoms with Crippen molar-refractivity contribution < 1.29 is 19.0 Å². The minimum Gasteiger partial charge on any atom is -0.393 e. The molecule has 0 aromatic heterocycles. The second kappa shape index (κ2) is 8.25. The molecule has 138 valence electrons. The van der Waals surface area contributed by atoms with Crippen LogP contribution in [0.15, 0.2) is 24.3 Å². The zero-order valence-electron chi connectivity index (χ0n) is 14.5. The molecule has 0 spiro atoms. The Morgan fingerprint density at radius 1 is 1.36 bits per heavy atom. The van der Waals surface area contributed by atoms with Gasteiger partial charge in [0, 0.05) is 25.6 Å². The number of ether oxygens (including phenoxy) is 1. The van der Waals surface area contributed by atoms with Gasteiger partial charge in [-0.1, -0.05) is 31.0 Å². The molecule has 0 bridgehead atoms. The van der Waals surface area contributed by atoms with Crippen LogP contribution in [-0.4, -0.2) is 60.4 Å². The fourth-order valence-corrected chi connectivity index (χ4v) is 3.85. The van der Waals surface area contributed by atoms with Crippen LogP contribution < -0.4 is 5.32 Å². The smallest absolute Gasteiger partial charge is 0.234 e. The fraction of sp³-hybridized carbons (Fsp3) is 0.632. The summed E-state index contributed by atoms with van der Waals surface area (Å²) in [6.45, 7) is 1.56. The maximum Gasteiger partial charge on any atom is 0.234 e. The minimum absolute atomic E-state index is 0.0199. The number of halogens is 1. The average molecular weight is 350 g/mol. The van der Waals surface area contributed by atoms with Crippen molar-refractivity contribution in [3.8, 4) is 0 Å². The van der Waals surface area contributed by atoms with Crippen LogP contribution in [-0.2, 0) is 16.0 Å². The van der Waals surface area contributed by atoms with E-state index in [4.69, 9.17) is 4.74 Å². The number of benzene rings is 1. The second-order valence-corrected chi connectivity index (χ2v) is 7.22. The highest BCUT2D eigenvalue weighted by molar-refractivity contribution is 5.78. The summed E-state index contributed by atoms with van der Waals surface area (Å²) >= 11 is 0. The van der Waals surface area contributed by atoms with Crippen molar-refractivity contribution >= 4 is 5.91 Å². The molecule has 1 saturated carbocycles. The van der Waals surface area contributed by atoms with Crippen LogP contribution in [0.5, 0.6) is 0 Å². The molecular formula is C19H27FN2O3. The van der Waals surface area contributed by atoms with Crippen LogP contribution in [0.1, 0.15) is 31.2 Å². The van der Waals surface area contributed by atoms with E-state index in [1.807, 2.05) is 4.90 Å². The summed E-state index contributed by atoms with van der Waals surface area (Å²) in [6.07, 6.45) is 4.76. The van der Waals surface area contributed by atoms with Crippen LogP contribution in [0.2, 0.25) is 0 Å². The molecule has 2 aliphatic rings. The zero-order valence-corrected chi connectivity index (χ0v) is 14.5. The lowest BCUT2D eigenvalue weighted by Gasteiger charge is -2.41. The van der Waals surface area contributed by atoms with Crippen molar-refractivity contribution in [2.24, 2.45) is 0 Å². The lowest BCUT2D eigenvalue weighted by molar-refractivity contribution is -0.141. The Morgan fingerprint density at radius 3 is 2.84 bits per heavy atom. The molecular weight excluding hydrogens is 323 g/mol. The lowest BCUT2D eigenvalue weighted by atomic mass is 9.92. The van der Waals surface area contributed by atoms with E-state index >= 15 is 0 Å². The average Bonchev–Trinajstić information content (AvgIpc) is 3.10.